The van der Waals surface area contributed by atoms with Gasteiger partial charge in [0.05, 0.1) is 11.4 Å². The molecule has 1 N–H and O–H groups in total. The van der Waals surface area contributed by atoms with E-state index in [9.17, 15) is 10.1 Å². The van der Waals surface area contributed by atoms with Crippen LogP contribution in [0.3, 0.4) is 0 Å². The van der Waals surface area contributed by atoms with Crippen LogP contribution in [0.15, 0.2) is 60.2 Å². The van der Waals surface area contributed by atoms with E-state index in [1.54, 1.807) is 17.7 Å². The minimum Gasteiger partial charge on any atom is -0.321 e. The van der Waals surface area contributed by atoms with Crippen molar-refractivity contribution in [2.24, 2.45) is 0 Å². The Hall–Kier alpha value is -3.36. The van der Waals surface area contributed by atoms with Crippen molar-refractivity contribution in [1.29, 1.82) is 5.26 Å². The van der Waals surface area contributed by atoms with Crippen molar-refractivity contribution in [2.45, 2.75) is 13.8 Å². The van der Waals surface area contributed by atoms with Crippen LogP contribution in [0, 0.1) is 25.2 Å². The summed E-state index contributed by atoms with van der Waals surface area (Å²) < 4.78 is 1.58. The van der Waals surface area contributed by atoms with Crippen LogP contribution >= 0.6 is 11.6 Å². The van der Waals surface area contributed by atoms with Crippen molar-refractivity contribution in [2.75, 3.05) is 5.32 Å². The molecule has 0 aliphatic rings. The lowest BCUT2D eigenvalue weighted by molar-refractivity contribution is -0.112. The van der Waals surface area contributed by atoms with Gasteiger partial charge in [-0.25, -0.2) is 4.68 Å². The predicted molar refractivity (Wildman–Crippen MR) is 107 cm³/mol. The van der Waals surface area contributed by atoms with Crippen molar-refractivity contribution >= 4 is 29.3 Å². The maximum Gasteiger partial charge on any atom is 0.266 e. The second kappa shape index (κ2) is 7.90. The first-order chi connectivity index (χ1) is 13.0. The van der Waals surface area contributed by atoms with E-state index >= 15 is 0 Å². The topological polar surface area (TPSA) is 70.7 Å². The van der Waals surface area contributed by atoms with Gasteiger partial charge in [-0.15, -0.1) is 0 Å². The second-order valence-corrected chi connectivity index (χ2v) is 6.33. The average molecular weight is 377 g/mol. The highest BCUT2D eigenvalue weighted by Gasteiger charge is 2.17. The molecule has 3 rings (SSSR count). The molecule has 0 aliphatic carbocycles. The molecule has 0 aliphatic heterocycles. The number of para-hydroxylation sites is 2. The zero-order valence-corrected chi connectivity index (χ0v) is 15.7. The van der Waals surface area contributed by atoms with Crippen LogP contribution < -0.4 is 5.32 Å². The Morgan fingerprint density at radius 3 is 2.48 bits per heavy atom. The fraction of sp³-hybridized carbons (Fsp3) is 0.0952. The lowest BCUT2D eigenvalue weighted by atomic mass is 10.1. The summed E-state index contributed by atoms with van der Waals surface area (Å²) in [5.41, 5.74) is 3.49. The molecule has 134 valence electrons. The summed E-state index contributed by atoms with van der Waals surface area (Å²) >= 11 is 6.47. The molecule has 0 radical (unpaired) electrons. The molecule has 6 heteroatoms. The number of anilines is 1. The van der Waals surface area contributed by atoms with Gasteiger partial charge in [0, 0.05) is 11.3 Å². The SMILES string of the molecule is Cc1ccccc1NC(=O)/C(C#N)=C\c1c(C)nn(-c2ccccc2)c1Cl. The van der Waals surface area contributed by atoms with Gasteiger partial charge in [-0.3, -0.25) is 4.79 Å². The molecule has 5 nitrogen and oxygen atoms in total. The maximum absolute atomic E-state index is 12.5. The molecule has 1 heterocycles. The number of aryl methyl sites for hydroxylation is 2. The van der Waals surface area contributed by atoms with Crippen LogP contribution in [0.1, 0.15) is 16.8 Å². The highest BCUT2D eigenvalue weighted by atomic mass is 35.5. The largest absolute Gasteiger partial charge is 0.321 e. The normalized spacial score (nSPS) is 11.1. The Bertz CT molecular complexity index is 1060. The molecule has 27 heavy (non-hydrogen) atoms. The fourth-order valence-corrected chi connectivity index (χ4v) is 2.94. The minimum atomic E-state index is -0.491. The molecule has 1 aromatic heterocycles. The third-order valence-electron chi connectivity index (χ3n) is 4.10. The number of carbonyl (C=O) groups is 1. The highest BCUT2D eigenvalue weighted by molar-refractivity contribution is 6.31. The van der Waals surface area contributed by atoms with Crippen molar-refractivity contribution in [3.05, 3.63) is 82.1 Å². The van der Waals surface area contributed by atoms with Gasteiger partial charge in [0.15, 0.2) is 0 Å². The average Bonchev–Trinajstić information content (AvgIpc) is 2.96. The van der Waals surface area contributed by atoms with E-state index in [-0.39, 0.29) is 5.57 Å². The monoisotopic (exact) mass is 376 g/mol. The van der Waals surface area contributed by atoms with Gasteiger partial charge in [-0.2, -0.15) is 10.4 Å². The van der Waals surface area contributed by atoms with E-state index in [0.29, 0.717) is 22.1 Å². The van der Waals surface area contributed by atoms with Gasteiger partial charge in [-0.05, 0) is 43.7 Å². The standard InChI is InChI=1S/C21H17ClN4O/c1-14-8-6-7-11-19(14)24-21(27)16(13-23)12-18-15(2)25-26(20(18)22)17-9-4-3-5-10-17/h3-12H,1-2H3,(H,24,27)/b16-12-. The second-order valence-electron chi connectivity index (χ2n) is 5.98. The third kappa shape index (κ3) is 3.91. The number of hydrogen-bond donors (Lipinski definition) is 1. The Morgan fingerprint density at radius 2 is 1.81 bits per heavy atom. The van der Waals surface area contributed by atoms with E-state index in [1.807, 2.05) is 61.5 Å². The predicted octanol–water partition coefficient (Wildman–Crippen LogP) is 4.69. The minimum absolute atomic E-state index is 0.0455. The van der Waals surface area contributed by atoms with Gasteiger partial charge in [0.25, 0.3) is 5.91 Å². The van der Waals surface area contributed by atoms with Crippen molar-refractivity contribution in [1.82, 2.24) is 9.78 Å². The molecule has 2 aromatic carbocycles. The van der Waals surface area contributed by atoms with Crippen LogP contribution in [0.2, 0.25) is 5.15 Å². The molecular formula is C21H17ClN4O. The molecule has 0 bridgehead atoms. The van der Waals surface area contributed by atoms with E-state index < -0.39 is 5.91 Å². The summed E-state index contributed by atoms with van der Waals surface area (Å²) in [6.45, 7) is 3.67. The molecule has 3 aromatic rings. The molecule has 0 unspecified atom stereocenters. The van der Waals surface area contributed by atoms with Crippen molar-refractivity contribution < 1.29 is 4.79 Å². The van der Waals surface area contributed by atoms with E-state index in [4.69, 9.17) is 11.6 Å². The molecular weight excluding hydrogens is 360 g/mol. The lowest BCUT2D eigenvalue weighted by Gasteiger charge is -2.07. The van der Waals surface area contributed by atoms with E-state index in [2.05, 4.69) is 10.4 Å². The van der Waals surface area contributed by atoms with Gasteiger partial charge in [0.2, 0.25) is 0 Å². The smallest absolute Gasteiger partial charge is 0.266 e. The van der Waals surface area contributed by atoms with Gasteiger partial charge < -0.3 is 5.32 Å². The summed E-state index contributed by atoms with van der Waals surface area (Å²) in [6.07, 6.45) is 1.47. The number of halogens is 1. The molecule has 0 spiro atoms. The quantitative estimate of drug-likeness (QED) is 0.530. The Morgan fingerprint density at radius 1 is 1.15 bits per heavy atom. The highest BCUT2D eigenvalue weighted by Crippen LogP contribution is 2.26. The van der Waals surface area contributed by atoms with Crippen LogP contribution in [0.5, 0.6) is 0 Å². The van der Waals surface area contributed by atoms with Gasteiger partial charge >= 0.3 is 0 Å². The lowest BCUT2D eigenvalue weighted by Crippen LogP contribution is -2.14. The van der Waals surface area contributed by atoms with Gasteiger partial charge in [0.1, 0.15) is 16.8 Å². The Labute approximate surface area is 162 Å². The first kappa shape index (κ1) is 18.4. The summed E-state index contributed by atoms with van der Waals surface area (Å²) in [4.78, 5) is 12.5. The van der Waals surface area contributed by atoms with Crippen LogP contribution in [-0.2, 0) is 4.79 Å². The summed E-state index contributed by atoms with van der Waals surface area (Å²) in [7, 11) is 0. The fourth-order valence-electron chi connectivity index (χ4n) is 2.61. The van der Waals surface area contributed by atoms with E-state index in [0.717, 1.165) is 11.3 Å². The van der Waals surface area contributed by atoms with Crippen LogP contribution in [0.4, 0.5) is 5.69 Å². The number of carbonyl (C=O) groups excluding carboxylic acids is 1. The molecule has 0 fully saturated rings. The number of amides is 1. The third-order valence-corrected chi connectivity index (χ3v) is 4.46. The molecule has 1 amide bonds. The Balaban J connectivity index is 1.95. The maximum atomic E-state index is 12.5. The summed E-state index contributed by atoms with van der Waals surface area (Å²) in [5, 5.41) is 17.0. The molecule has 0 saturated heterocycles. The molecule has 0 atom stereocenters. The number of rotatable bonds is 4. The van der Waals surface area contributed by atoms with Crippen LogP contribution in [0.25, 0.3) is 11.8 Å². The number of nitrogens with one attached hydrogen (secondary N) is 1. The Kier molecular flexibility index (Phi) is 5.39. The number of nitrogens with zero attached hydrogens (tertiary/aromatic N) is 3. The van der Waals surface area contributed by atoms with Crippen molar-refractivity contribution in [3.8, 4) is 11.8 Å². The number of aromatic nitrogens is 2. The zero-order valence-electron chi connectivity index (χ0n) is 14.9. The summed E-state index contributed by atoms with van der Waals surface area (Å²) in [6, 6.07) is 18.7. The number of hydrogen-bond acceptors (Lipinski definition) is 3. The van der Waals surface area contributed by atoms with E-state index in [1.165, 1.54) is 6.08 Å². The zero-order chi connectivity index (χ0) is 19.4. The molecule has 0 saturated carbocycles. The summed E-state index contributed by atoms with van der Waals surface area (Å²) in [5.74, 6) is -0.491. The van der Waals surface area contributed by atoms with Gasteiger partial charge in [-0.1, -0.05) is 48.0 Å². The number of nitriles is 1. The number of benzene rings is 2. The van der Waals surface area contributed by atoms with Crippen molar-refractivity contribution in [3.63, 3.8) is 0 Å². The first-order valence-electron chi connectivity index (χ1n) is 8.30. The first-order valence-corrected chi connectivity index (χ1v) is 8.68. The van der Waals surface area contributed by atoms with Crippen LogP contribution in [-0.4, -0.2) is 15.7 Å².